The van der Waals surface area contributed by atoms with Gasteiger partial charge in [-0.05, 0) is 0 Å². The van der Waals surface area contributed by atoms with Crippen LogP contribution in [0.3, 0.4) is 0 Å². The molecule has 0 atom stereocenters. The fraction of sp³-hybridized carbons (Fsp3) is 0. The standard InChI is InChI=1S/Hf.HNO.Si/c;1-2;/h;1H;. The van der Waals surface area contributed by atoms with E-state index in [-0.39, 0.29) is 36.8 Å². The summed E-state index contributed by atoms with van der Waals surface area (Å²) in [5.41, 5.74) is 4.50. The molecule has 0 rings (SSSR count). The van der Waals surface area contributed by atoms with E-state index in [1.165, 1.54) is 0 Å². The number of hydrogen-bond donors (Lipinski definition) is 1. The molecule has 0 saturated carbocycles. The van der Waals surface area contributed by atoms with Crippen molar-refractivity contribution in [2.75, 3.05) is 0 Å². The van der Waals surface area contributed by atoms with Gasteiger partial charge in [0.05, 0.1) is 0 Å². The number of rotatable bonds is 0. The van der Waals surface area contributed by atoms with E-state index in [0.29, 0.717) is 0 Å². The van der Waals surface area contributed by atoms with Crippen molar-refractivity contribution in [3.05, 3.63) is 4.91 Å². The maximum absolute atomic E-state index is 7.50. The third kappa shape index (κ3) is 16.2. The van der Waals surface area contributed by atoms with Crippen LogP contribution in [-0.2, 0) is 25.8 Å². The zero-order valence-corrected chi connectivity index (χ0v) is 6.50. The molecule has 0 saturated heterocycles. The third-order valence-corrected chi connectivity index (χ3v) is 0. The first kappa shape index (κ1) is 22.4. The summed E-state index contributed by atoms with van der Waals surface area (Å²) >= 11 is 0. The molecule has 0 fully saturated rings. The van der Waals surface area contributed by atoms with Gasteiger partial charge in [-0.3, -0.25) is 0 Å². The summed E-state index contributed by atoms with van der Waals surface area (Å²) in [4.78, 5) is 7.50. The van der Waals surface area contributed by atoms with Crippen molar-refractivity contribution in [1.82, 2.24) is 0 Å². The van der Waals surface area contributed by atoms with Gasteiger partial charge in [-0.15, -0.1) is 0 Å². The summed E-state index contributed by atoms with van der Waals surface area (Å²) in [6.45, 7) is 0. The van der Waals surface area contributed by atoms with Gasteiger partial charge in [0, 0.05) is 36.8 Å². The van der Waals surface area contributed by atoms with Gasteiger partial charge in [-0.2, -0.15) is 4.91 Å². The Labute approximate surface area is 47.5 Å². The Hall–Kier alpha value is 0.687. The van der Waals surface area contributed by atoms with Crippen molar-refractivity contribution in [1.29, 1.82) is 5.59 Å². The van der Waals surface area contributed by atoms with Crippen molar-refractivity contribution >= 4 is 11.0 Å². The van der Waals surface area contributed by atoms with Gasteiger partial charge in [0.1, 0.15) is 0 Å². The van der Waals surface area contributed by atoms with Crippen molar-refractivity contribution in [3.63, 3.8) is 0 Å². The zero-order valence-electron chi connectivity index (χ0n) is 1.91. The molecular formula is HHfNOSi. The fourth-order valence-electron chi connectivity index (χ4n) is 0. The van der Waals surface area contributed by atoms with Crippen LogP contribution in [0.2, 0.25) is 0 Å². The summed E-state index contributed by atoms with van der Waals surface area (Å²) in [7, 11) is 0. The van der Waals surface area contributed by atoms with Crippen LogP contribution in [0.5, 0.6) is 0 Å². The number of nitrogens with one attached hydrogen (secondary N) is 1. The maximum Gasteiger partial charge on any atom is 0 e. The van der Waals surface area contributed by atoms with Crippen LogP contribution in [0, 0.1) is 10.5 Å². The SMILES string of the molecule is N=O.[Hf].[Si]. The molecule has 4 heavy (non-hydrogen) atoms. The summed E-state index contributed by atoms with van der Waals surface area (Å²) in [5, 5.41) is 0. The van der Waals surface area contributed by atoms with E-state index in [4.69, 9.17) is 4.91 Å². The van der Waals surface area contributed by atoms with E-state index in [9.17, 15) is 0 Å². The van der Waals surface area contributed by atoms with E-state index in [1.54, 1.807) is 0 Å². The Kier molecular flexibility index (Phi) is 316. The van der Waals surface area contributed by atoms with Gasteiger partial charge < -0.3 is 0 Å². The minimum atomic E-state index is 0. The monoisotopic (exact) mass is 239 g/mol. The molecule has 0 amide bonds. The molecule has 0 aliphatic rings. The average Bonchev–Trinajstić information content (AvgIpc) is 1.00. The molecule has 0 bridgehead atoms. The Balaban J connectivity index is -0.00000000500. The molecule has 0 aromatic heterocycles. The average molecular weight is 238 g/mol. The van der Waals surface area contributed by atoms with Gasteiger partial charge in [0.25, 0.3) is 0 Å². The molecule has 0 aromatic rings. The van der Waals surface area contributed by atoms with E-state index >= 15 is 0 Å². The van der Waals surface area contributed by atoms with Crippen LogP contribution in [0.25, 0.3) is 0 Å². The molecule has 20 valence electrons. The van der Waals surface area contributed by atoms with E-state index in [1.807, 2.05) is 0 Å². The van der Waals surface area contributed by atoms with E-state index < -0.39 is 0 Å². The zero-order chi connectivity index (χ0) is 2.00. The first-order valence-corrected chi connectivity index (χ1v) is 0.204. The van der Waals surface area contributed by atoms with E-state index in [0.717, 1.165) is 0 Å². The van der Waals surface area contributed by atoms with Gasteiger partial charge in [0.15, 0.2) is 0 Å². The summed E-state index contributed by atoms with van der Waals surface area (Å²) in [6.07, 6.45) is 0. The van der Waals surface area contributed by atoms with Crippen LogP contribution in [-0.4, -0.2) is 11.0 Å². The molecule has 2 nitrogen and oxygen atoms in total. The first-order valence-electron chi connectivity index (χ1n) is 0.204. The molecule has 0 aliphatic heterocycles. The fourth-order valence-corrected chi connectivity index (χ4v) is 0. The number of nitroso groups, excluding NO2 is 1. The normalized spacial score (nSPS) is 1.00. The van der Waals surface area contributed by atoms with Crippen LogP contribution < -0.4 is 0 Å². The van der Waals surface area contributed by atoms with Crippen LogP contribution in [0.1, 0.15) is 0 Å². The maximum atomic E-state index is 7.50. The van der Waals surface area contributed by atoms with Crippen molar-refractivity contribution in [3.8, 4) is 0 Å². The van der Waals surface area contributed by atoms with Gasteiger partial charge in [-0.1, -0.05) is 5.59 Å². The van der Waals surface area contributed by atoms with E-state index in [2.05, 4.69) is 5.59 Å². The first-order chi connectivity index (χ1) is 1.00. The molecule has 0 unspecified atom stereocenters. The second-order valence-electron chi connectivity index (χ2n) is 0. The van der Waals surface area contributed by atoms with Crippen molar-refractivity contribution < 1.29 is 25.8 Å². The van der Waals surface area contributed by atoms with Gasteiger partial charge >= 0.3 is 0 Å². The van der Waals surface area contributed by atoms with Crippen LogP contribution in [0.15, 0.2) is 0 Å². The van der Waals surface area contributed by atoms with Crippen LogP contribution >= 0.6 is 0 Å². The molecule has 0 heterocycles. The predicted molar refractivity (Wildman–Crippen MR) is 11.8 cm³/mol. The molecule has 0 aliphatic carbocycles. The molecule has 0 spiro atoms. The Morgan fingerprint density at radius 3 is 1.25 bits per heavy atom. The minimum absolute atomic E-state index is 0. The smallest absolute Gasteiger partial charge is 0 e. The third-order valence-electron chi connectivity index (χ3n) is 0. The topological polar surface area (TPSA) is 40.9 Å². The van der Waals surface area contributed by atoms with Gasteiger partial charge in [-0.25, -0.2) is 0 Å². The molecule has 1 N–H and O–H groups in total. The van der Waals surface area contributed by atoms with Crippen LogP contribution in [0.4, 0.5) is 0 Å². The Morgan fingerprint density at radius 1 is 1.25 bits per heavy atom. The summed E-state index contributed by atoms with van der Waals surface area (Å²) in [6, 6.07) is 0. The second kappa shape index (κ2) is 56.4. The number of hydrogen-bond acceptors (Lipinski definition) is 2. The Morgan fingerprint density at radius 2 is 1.25 bits per heavy atom. The summed E-state index contributed by atoms with van der Waals surface area (Å²) in [5.74, 6) is 0. The van der Waals surface area contributed by atoms with Gasteiger partial charge in [0.2, 0.25) is 0 Å². The van der Waals surface area contributed by atoms with Crippen molar-refractivity contribution in [2.24, 2.45) is 0 Å². The molecular weight excluding hydrogens is 237 g/mol. The quantitative estimate of drug-likeness (QED) is 0.466. The summed E-state index contributed by atoms with van der Waals surface area (Å²) < 4.78 is 0. The largest absolute Gasteiger partial charge is 0.154 e. The predicted octanol–water partition coefficient (Wildman–Crippen LogP) is -0.0517. The van der Waals surface area contributed by atoms with Crippen molar-refractivity contribution in [2.45, 2.75) is 0 Å². The molecule has 0 aromatic carbocycles. The Bertz CT molecular complexity index is 8.00. The second-order valence-corrected chi connectivity index (χ2v) is 0. The molecule has 4 heteroatoms. The minimum Gasteiger partial charge on any atom is -0.154 e. The molecule has 4 radical (unpaired) electrons.